The molecule has 1 saturated carbocycles. The van der Waals surface area contributed by atoms with Gasteiger partial charge in [-0.3, -0.25) is 9.59 Å². The molecule has 0 bridgehead atoms. The van der Waals surface area contributed by atoms with Gasteiger partial charge in [-0.25, -0.2) is 8.42 Å². The van der Waals surface area contributed by atoms with Crippen molar-refractivity contribution in [3.05, 3.63) is 28.7 Å². The van der Waals surface area contributed by atoms with Gasteiger partial charge < -0.3 is 9.64 Å². The molecule has 1 aromatic carbocycles. The quantitative estimate of drug-likeness (QED) is 0.582. The van der Waals surface area contributed by atoms with Gasteiger partial charge in [-0.1, -0.05) is 15.9 Å². The average Bonchev–Trinajstić information content (AvgIpc) is 3.40. The summed E-state index contributed by atoms with van der Waals surface area (Å²) >= 11 is 3.25. The van der Waals surface area contributed by atoms with Crippen LogP contribution in [0.5, 0.6) is 0 Å². The Kier molecular flexibility index (Phi) is 6.59. The smallest absolute Gasteiger partial charge is 0.321 e. The third-order valence-corrected chi connectivity index (χ3v) is 6.28. The summed E-state index contributed by atoms with van der Waals surface area (Å²) in [6.45, 7) is 1.46. The number of carbonyl (C=O) groups excluding carboxylic acids is 2. The molecule has 7 nitrogen and oxygen atoms in total. The molecule has 0 unspecified atom stereocenters. The summed E-state index contributed by atoms with van der Waals surface area (Å²) in [5, 5.41) is 0. The number of likely N-dealkylation sites (N-methyl/N-ethyl adjacent to an activating group) is 1. The lowest BCUT2D eigenvalue weighted by atomic mass is 10.4. The SMILES string of the molecule is CCN(C(=O)CN(CC(=O)OC)S(=O)(=O)c1ccc(Br)cc1)C1CC1. The molecule has 0 radical (unpaired) electrons. The second-order valence-corrected chi connectivity index (χ2v) is 8.57. The van der Waals surface area contributed by atoms with Crippen molar-refractivity contribution >= 4 is 37.8 Å². The van der Waals surface area contributed by atoms with Crippen molar-refractivity contribution in [3.63, 3.8) is 0 Å². The molecule has 2 rings (SSSR count). The predicted molar refractivity (Wildman–Crippen MR) is 95.3 cm³/mol. The van der Waals surface area contributed by atoms with Gasteiger partial charge in [0.05, 0.1) is 18.6 Å². The van der Waals surface area contributed by atoms with E-state index < -0.39 is 29.1 Å². The molecule has 1 fully saturated rings. The monoisotopic (exact) mass is 432 g/mol. The molecule has 0 spiro atoms. The van der Waals surface area contributed by atoms with Crippen LogP contribution < -0.4 is 0 Å². The lowest BCUT2D eigenvalue weighted by Crippen LogP contribution is -2.45. The Hall–Kier alpha value is -1.45. The van der Waals surface area contributed by atoms with E-state index in [-0.39, 0.29) is 16.8 Å². The fourth-order valence-corrected chi connectivity index (χ4v) is 4.05. The Bertz CT molecular complexity index is 731. The first-order chi connectivity index (χ1) is 11.8. The second kappa shape index (κ2) is 8.29. The van der Waals surface area contributed by atoms with E-state index in [0.717, 1.165) is 21.6 Å². The van der Waals surface area contributed by atoms with Crippen LogP contribution in [0, 0.1) is 0 Å². The molecular formula is C16H21BrN2O5S. The molecule has 1 aromatic rings. The van der Waals surface area contributed by atoms with Gasteiger partial charge in [0.25, 0.3) is 0 Å². The molecule has 25 heavy (non-hydrogen) atoms. The van der Waals surface area contributed by atoms with Gasteiger partial charge in [0, 0.05) is 17.1 Å². The van der Waals surface area contributed by atoms with Gasteiger partial charge in [-0.2, -0.15) is 4.31 Å². The van der Waals surface area contributed by atoms with Crippen LogP contribution in [0.4, 0.5) is 0 Å². The zero-order valence-electron chi connectivity index (χ0n) is 14.1. The maximum absolute atomic E-state index is 12.9. The first-order valence-corrected chi connectivity index (χ1v) is 10.1. The summed E-state index contributed by atoms with van der Waals surface area (Å²) in [7, 11) is -2.82. The number of ether oxygens (including phenoxy) is 1. The van der Waals surface area contributed by atoms with Crippen molar-refractivity contribution in [2.24, 2.45) is 0 Å². The van der Waals surface area contributed by atoms with Gasteiger partial charge in [0.1, 0.15) is 6.54 Å². The lowest BCUT2D eigenvalue weighted by molar-refractivity contribution is -0.141. The van der Waals surface area contributed by atoms with E-state index in [1.807, 2.05) is 6.92 Å². The van der Waals surface area contributed by atoms with Crippen LogP contribution in [0.15, 0.2) is 33.6 Å². The van der Waals surface area contributed by atoms with E-state index in [4.69, 9.17) is 0 Å². The number of halogens is 1. The second-order valence-electron chi connectivity index (χ2n) is 5.71. The highest BCUT2D eigenvalue weighted by molar-refractivity contribution is 9.10. The molecule has 0 aliphatic heterocycles. The summed E-state index contributed by atoms with van der Waals surface area (Å²) in [6.07, 6.45) is 1.85. The molecule has 0 heterocycles. The number of sulfonamides is 1. The van der Waals surface area contributed by atoms with Crippen LogP contribution in [0.3, 0.4) is 0 Å². The Labute approximate surface area is 156 Å². The molecule has 0 atom stereocenters. The van der Waals surface area contributed by atoms with Crippen molar-refractivity contribution in [1.82, 2.24) is 9.21 Å². The van der Waals surface area contributed by atoms with Crippen molar-refractivity contribution < 1.29 is 22.7 Å². The zero-order chi connectivity index (χ0) is 18.6. The van der Waals surface area contributed by atoms with E-state index in [0.29, 0.717) is 6.54 Å². The summed E-state index contributed by atoms with van der Waals surface area (Å²) in [6, 6.07) is 6.20. The molecule has 0 saturated heterocycles. The average molecular weight is 433 g/mol. The van der Waals surface area contributed by atoms with E-state index in [1.54, 1.807) is 17.0 Å². The fraction of sp³-hybridized carbons (Fsp3) is 0.500. The van der Waals surface area contributed by atoms with E-state index in [1.165, 1.54) is 19.2 Å². The minimum absolute atomic E-state index is 0.0156. The Morgan fingerprint density at radius 1 is 1.20 bits per heavy atom. The molecule has 138 valence electrons. The Balaban J connectivity index is 2.26. The minimum Gasteiger partial charge on any atom is -0.468 e. The van der Waals surface area contributed by atoms with Crippen LogP contribution >= 0.6 is 15.9 Å². The van der Waals surface area contributed by atoms with E-state index in [9.17, 15) is 18.0 Å². The van der Waals surface area contributed by atoms with Crippen LogP contribution in [0.1, 0.15) is 19.8 Å². The number of rotatable bonds is 8. The summed E-state index contributed by atoms with van der Waals surface area (Å²) in [5.74, 6) is -1.03. The molecule has 0 N–H and O–H groups in total. The van der Waals surface area contributed by atoms with Crippen molar-refractivity contribution in [3.8, 4) is 0 Å². The standard InChI is InChI=1S/C16H21BrN2O5S/c1-3-19(13-6-7-13)15(20)10-18(11-16(21)24-2)25(22,23)14-8-4-12(17)5-9-14/h4-5,8-9,13H,3,6-7,10-11H2,1-2H3. The summed E-state index contributed by atoms with van der Waals surface area (Å²) in [4.78, 5) is 25.9. The molecule has 1 aliphatic carbocycles. The highest BCUT2D eigenvalue weighted by Crippen LogP contribution is 2.27. The van der Waals surface area contributed by atoms with Crippen molar-refractivity contribution in [2.75, 3.05) is 26.7 Å². The Morgan fingerprint density at radius 2 is 1.80 bits per heavy atom. The number of methoxy groups -OCH3 is 1. The van der Waals surface area contributed by atoms with E-state index >= 15 is 0 Å². The highest BCUT2D eigenvalue weighted by atomic mass is 79.9. The number of benzene rings is 1. The number of esters is 1. The van der Waals surface area contributed by atoms with Gasteiger partial charge in [-0.05, 0) is 44.0 Å². The topological polar surface area (TPSA) is 84.0 Å². The number of hydrogen-bond donors (Lipinski definition) is 0. The first-order valence-electron chi connectivity index (χ1n) is 7.91. The van der Waals surface area contributed by atoms with Gasteiger partial charge in [0.15, 0.2) is 0 Å². The molecule has 1 amide bonds. The van der Waals surface area contributed by atoms with Gasteiger partial charge in [-0.15, -0.1) is 0 Å². The van der Waals surface area contributed by atoms with Crippen molar-refractivity contribution in [2.45, 2.75) is 30.7 Å². The Morgan fingerprint density at radius 3 is 2.28 bits per heavy atom. The van der Waals surface area contributed by atoms with Gasteiger partial charge >= 0.3 is 5.97 Å². The first kappa shape index (κ1) is 19.9. The number of carbonyl (C=O) groups is 2. The van der Waals surface area contributed by atoms with Crippen molar-refractivity contribution in [1.29, 1.82) is 0 Å². The number of nitrogens with zero attached hydrogens (tertiary/aromatic N) is 2. The van der Waals surface area contributed by atoms with Crippen LogP contribution in [0.2, 0.25) is 0 Å². The number of hydrogen-bond acceptors (Lipinski definition) is 5. The van der Waals surface area contributed by atoms with Gasteiger partial charge in [0.2, 0.25) is 15.9 Å². The largest absolute Gasteiger partial charge is 0.468 e. The normalized spacial score (nSPS) is 14.4. The molecule has 9 heteroatoms. The maximum atomic E-state index is 12.9. The maximum Gasteiger partial charge on any atom is 0.321 e. The van der Waals surface area contributed by atoms with E-state index in [2.05, 4.69) is 20.7 Å². The van der Waals surface area contributed by atoms with Crippen LogP contribution in [-0.4, -0.2) is 62.3 Å². The minimum atomic E-state index is -4.00. The molecular weight excluding hydrogens is 412 g/mol. The fourth-order valence-electron chi connectivity index (χ4n) is 2.46. The lowest BCUT2D eigenvalue weighted by Gasteiger charge is -2.25. The van der Waals surface area contributed by atoms with Crippen LogP contribution in [-0.2, 0) is 24.3 Å². The predicted octanol–water partition coefficient (Wildman–Crippen LogP) is 1.62. The third-order valence-electron chi connectivity index (χ3n) is 3.94. The van der Waals surface area contributed by atoms with Crippen LogP contribution in [0.25, 0.3) is 0 Å². The highest BCUT2D eigenvalue weighted by Gasteiger charge is 2.35. The number of amides is 1. The molecule has 1 aliphatic rings. The third kappa shape index (κ3) is 5.02. The summed E-state index contributed by atoms with van der Waals surface area (Å²) < 4.78 is 31.9. The zero-order valence-corrected chi connectivity index (χ0v) is 16.5. The molecule has 0 aromatic heterocycles. The summed E-state index contributed by atoms with van der Waals surface area (Å²) in [5.41, 5.74) is 0.